The van der Waals surface area contributed by atoms with Crippen molar-refractivity contribution in [1.82, 2.24) is 10.2 Å². The van der Waals surface area contributed by atoms with Gasteiger partial charge in [0.2, 0.25) is 0 Å². The van der Waals surface area contributed by atoms with Crippen LogP contribution in [0.1, 0.15) is 12.0 Å². The van der Waals surface area contributed by atoms with Crippen LogP contribution in [0.5, 0.6) is 0 Å². The van der Waals surface area contributed by atoms with Crippen LogP contribution < -0.4 is 10.6 Å². The molecule has 4 nitrogen and oxygen atoms in total. The number of nitrogens with one attached hydrogen (secondary N) is 1. The maximum absolute atomic E-state index is 6.15. The molecule has 2 aromatic carbocycles. The van der Waals surface area contributed by atoms with Crippen molar-refractivity contribution in [2.24, 2.45) is 0 Å². The Hall–Kier alpha value is -2.49. The molecule has 0 radical (unpaired) electrons. The quantitative estimate of drug-likeness (QED) is 0.706. The van der Waals surface area contributed by atoms with Crippen molar-refractivity contribution in [2.75, 3.05) is 24.2 Å². The molecule has 0 bridgehead atoms. The predicted octanol–water partition coefficient (Wildman–Crippen LogP) is 3.21. The molecule has 0 spiro atoms. The summed E-state index contributed by atoms with van der Waals surface area (Å²) in [4.78, 5) is 2.21. The molecule has 3 aromatic rings. The van der Waals surface area contributed by atoms with Crippen molar-refractivity contribution >= 4 is 22.3 Å². The van der Waals surface area contributed by atoms with Crippen molar-refractivity contribution in [3.63, 3.8) is 0 Å². The molecule has 0 aliphatic carbocycles. The summed E-state index contributed by atoms with van der Waals surface area (Å²) in [5.41, 5.74) is 10.4. The Labute approximate surface area is 124 Å². The minimum atomic E-state index is 0.797. The van der Waals surface area contributed by atoms with Gasteiger partial charge < -0.3 is 10.6 Å². The molecular weight excluding hydrogens is 260 g/mol. The summed E-state index contributed by atoms with van der Waals surface area (Å²) in [5.74, 6) is 0. The number of hydrogen-bond donors (Lipinski definition) is 2. The molecule has 0 unspecified atom stereocenters. The van der Waals surface area contributed by atoms with Gasteiger partial charge in [0.25, 0.3) is 0 Å². The maximum atomic E-state index is 6.15. The summed E-state index contributed by atoms with van der Waals surface area (Å²) in [6.07, 6.45) is 3.98. The van der Waals surface area contributed by atoms with Crippen LogP contribution in [0.25, 0.3) is 10.9 Å². The third-order valence-electron chi connectivity index (χ3n) is 3.80. The lowest BCUT2D eigenvalue weighted by molar-refractivity contribution is 0.787. The van der Waals surface area contributed by atoms with Gasteiger partial charge in [-0.1, -0.05) is 30.3 Å². The zero-order valence-electron chi connectivity index (χ0n) is 12.2. The number of aromatic nitrogens is 2. The Bertz CT molecular complexity index is 718. The first-order chi connectivity index (χ1) is 10.2. The van der Waals surface area contributed by atoms with Gasteiger partial charge in [0.15, 0.2) is 0 Å². The third kappa shape index (κ3) is 2.99. The number of fused-ring (bicyclic) bond motifs is 1. The third-order valence-corrected chi connectivity index (χ3v) is 3.80. The number of nitrogens with zero attached hydrogens (tertiary/aromatic N) is 2. The number of aryl methyl sites for hydroxylation is 1. The Morgan fingerprint density at radius 3 is 2.81 bits per heavy atom. The average Bonchev–Trinajstić information content (AvgIpc) is 2.94. The molecule has 1 aromatic heterocycles. The summed E-state index contributed by atoms with van der Waals surface area (Å²) in [7, 11) is 2.08. The van der Waals surface area contributed by atoms with Gasteiger partial charge in [-0.05, 0) is 30.5 Å². The molecule has 0 saturated heterocycles. The molecule has 21 heavy (non-hydrogen) atoms. The second kappa shape index (κ2) is 5.87. The fourth-order valence-electron chi connectivity index (χ4n) is 2.61. The topological polar surface area (TPSA) is 57.9 Å². The van der Waals surface area contributed by atoms with Gasteiger partial charge in [0.1, 0.15) is 0 Å². The van der Waals surface area contributed by atoms with Gasteiger partial charge in [0, 0.05) is 19.0 Å². The number of nitrogen functional groups attached to an aromatic ring is 1. The zero-order valence-corrected chi connectivity index (χ0v) is 12.2. The van der Waals surface area contributed by atoms with E-state index in [1.165, 1.54) is 5.56 Å². The molecule has 4 heteroatoms. The van der Waals surface area contributed by atoms with E-state index in [4.69, 9.17) is 5.73 Å². The lowest BCUT2D eigenvalue weighted by Gasteiger charge is -2.21. The molecule has 1 heterocycles. The van der Waals surface area contributed by atoms with Gasteiger partial charge in [-0.15, -0.1) is 0 Å². The summed E-state index contributed by atoms with van der Waals surface area (Å²) >= 11 is 0. The van der Waals surface area contributed by atoms with Crippen molar-refractivity contribution in [3.05, 3.63) is 54.2 Å². The Morgan fingerprint density at radius 1 is 1.19 bits per heavy atom. The highest BCUT2D eigenvalue weighted by atomic mass is 15.1. The predicted molar refractivity (Wildman–Crippen MR) is 88.5 cm³/mol. The summed E-state index contributed by atoms with van der Waals surface area (Å²) in [6.45, 7) is 0.971. The number of aromatic amines is 1. The first-order valence-electron chi connectivity index (χ1n) is 7.22. The van der Waals surface area contributed by atoms with Crippen LogP contribution in [0.2, 0.25) is 0 Å². The van der Waals surface area contributed by atoms with Crippen molar-refractivity contribution in [1.29, 1.82) is 0 Å². The lowest BCUT2D eigenvalue weighted by atomic mass is 10.1. The minimum absolute atomic E-state index is 0.797. The van der Waals surface area contributed by atoms with Crippen LogP contribution in [0.3, 0.4) is 0 Å². The van der Waals surface area contributed by atoms with E-state index in [0.717, 1.165) is 41.7 Å². The van der Waals surface area contributed by atoms with Crippen molar-refractivity contribution < 1.29 is 0 Å². The van der Waals surface area contributed by atoms with Crippen molar-refractivity contribution in [3.8, 4) is 0 Å². The second-order valence-corrected chi connectivity index (χ2v) is 5.38. The van der Waals surface area contributed by atoms with Crippen LogP contribution in [0.4, 0.5) is 11.4 Å². The number of anilines is 2. The maximum Gasteiger partial charge on any atom is 0.0672 e. The van der Waals surface area contributed by atoms with E-state index in [-0.39, 0.29) is 0 Å². The Kier molecular flexibility index (Phi) is 3.77. The Balaban J connectivity index is 1.66. The van der Waals surface area contributed by atoms with E-state index in [9.17, 15) is 0 Å². The molecular formula is C17H20N4. The molecule has 108 valence electrons. The molecule has 0 aliphatic heterocycles. The first kappa shape index (κ1) is 13.5. The van der Waals surface area contributed by atoms with Crippen LogP contribution in [-0.2, 0) is 6.42 Å². The first-order valence-corrected chi connectivity index (χ1v) is 7.22. The number of rotatable bonds is 5. The molecule has 3 N–H and O–H groups in total. The normalized spacial score (nSPS) is 10.9. The largest absolute Gasteiger partial charge is 0.397 e. The monoisotopic (exact) mass is 280 g/mol. The fourth-order valence-corrected chi connectivity index (χ4v) is 2.61. The van der Waals surface area contributed by atoms with E-state index in [0.29, 0.717) is 0 Å². The highest BCUT2D eigenvalue weighted by molar-refractivity contribution is 5.88. The van der Waals surface area contributed by atoms with E-state index < -0.39 is 0 Å². The van der Waals surface area contributed by atoms with E-state index in [2.05, 4.69) is 58.5 Å². The number of hydrogen-bond acceptors (Lipinski definition) is 3. The van der Waals surface area contributed by atoms with E-state index in [1.807, 2.05) is 6.07 Å². The van der Waals surface area contributed by atoms with Crippen molar-refractivity contribution in [2.45, 2.75) is 12.8 Å². The van der Waals surface area contributed by atoms with E-state index in [1.54, 1.807) is 6.20 Å². The van der Waals surface area contributed by atoms with Crippen LogP contribution in [-0.4, -0.2) is 23.8 Å². The summed E-state index contributed by atoms with van der Waals surface area (Å²) in [5, 5.41) is 8.09. The molecule has 0 saturated carbocycles. The lowest BCUT2D eigenvalue weighted by Crippen LogP contribution is -2.20. The van der Waals surface area contributed by atoms with Gasteiger partial charge in [-0.3, -0.25) is 5.10 Å². The van der Waals surface area contributed by atoms with Crippen LogP contribution in [0.15, 0.2) is 48.7 Å². The standard InChI is InChI=1S/C17H20N4/c1-21(9-5-8-13-6-3-2-4-7-13)17-11-16-14(10-15(17)18)12-19-20-16/h2-4,6-7,10-12H,5,8-9,18H2,1H3,(H,19,20). The van der Waals surface area contributed by atoms with Gasteiger partial charge in [-0.2, -0.15) is 5.10 Å². The average molecular weight is 280 g/mol. The molecule has 0 aliphatic rings. The van der Waals surface area contributed by atoms with E-state index >= 15 is 0 Å². The highest BCUT2D eigenvalue weighted by Gasteiger charge is 2.08. The molecule has 0 atom stereocenters. The molecule has 0 amide bonds. The van der Waals surface area contributed by atoms with Crippen LogP contribution >= 0.6 is 0 Å². The van der Waals surface area contributed by atoms with Crippen LogP contribution in [0, 0.1) is 0 Å². The molecule has 0 fully saturated rings. The SMILES string of the molecule is CN(CCCc1ccccc1)c1cc2[nH]ncc2cc1N. The smallest absolute Gasteiger partial charge is 0.0672 e. The summed E-state index contributed by atoms with van der Waals surface area (Å²) < 4.78 is 0. The fraction of sp³-hybridized carbons (Fsp3) is 0.235. The van der Waals surface area contributed by atoms with Gasteiger partial charge >= 0.3 is 0 Å². The highest BCUT2D eigenvalue weighted by Crippen LogP contribution is 2.27. The summed E-state index contributed by atoms with van der Waals surface area (Å²) in [6, 6.07) is 14.6. The van der Waals surface area contributed by atoms with Gasteiger partial charge in [0.05, 0.1) is 23.1 Å². The number of nitrogens with two attached hydrogens (primary N) is 1. The van der Waals surface area contributed by atoms with Gasteiger partial charge in [-0.25, -0.2) is 0 Å². The Morgan fingerprint density at radius 2 is 2.00 bits per heavy atom. The second-order valence-electron chi connectivity index (χ2n) is 5.38. The minimum Gasteiger partial charge on any atom is -0.397 e. The number of benzene rings is 2. The molecule has 3 rings (SSSR count). The zero-order chi connectivity index (χ0) is 14.7. The number of H-pyrrole nitrogens is 1.